The zero-order chi connectivity index (χ0) is 21.4. The standard InChI is InChI=1S/C21H33N3O5.ClH/c1-5-22(3)20(26)28-17-12-16(19(25)15-24-10-8-7-9-11-24)13-18(14-17)29-21(27)23(4)6-2;/h12-14,19,25H,5-11,15H2,1-4H3;1H. The number of carbonyl (C=O) groups is 2. The molecule has 1 heterocycles. The molecule has 0 aliphatic carbocycles. The number of hydrogen-bond acceptors (Lipinski definition) is 6. The Bertz CT molecular complexity index is 655. The van der Waals surface area contributed by atoms with Gasteiger partial charge >= 0.3 is 12.2 Å². The first kappa shape index (κ1) is 26.0. The van der Waals surface area contributed by atoms with Crippen LogP contribution in [-0.2, 0) is 0 Å². The summed E-state index contributed by atoms with van der Waals surface area (Å²) in [6, 6.07) is 4.73. The van der Waals surface area contributed by atoms with E-state index in [0.29, 0.717) is 25.2 Å². The first-order valence-electron chi connectivity index (χ1n) is 10.2. The quantitative estimate of drug-likeness (QED) is 0.694. The lowest BCUT2D eigenvalue weighted by Crippen LogP contribution is -2.33. The molecule has 170 valence electrons. The Morgan fingerprint density at radius 1 is 0.967 bits per heavy atom. The van der Waals surface area contributed by atoms with E-state index >= 15 is 0 Å². The van der Waals surface area contributed by atoms with Crippen LogP contribution in [0.15, 0.2) is 18.2 Å². The molecule has 1 N–H and O–H groups in total. The van der Waals surface area contributed by atoms with E-state index in [9.17, 15) is 14.7 Å². The average Bonchev–Trinajstić information content (AvgIpc) is 2.72. The second kappa shape index (κ2) is 12.6. The summed E-state index contributed by atoms with van der Waals surface area (Å²) in [7, 11) is 3.27. The first-order chi connectivity index (χ1) is 13.8. The second-order valence-electron chi connectivity index (χ2n) is 7.38. The van der Waals surface area contributed by atoms with Crippen LogP contribution in [0.3, 0.4) is 0 Å². The molecule has 0 bridgehead atoms. The molecule has 1 atom stereocenters. The van der Waals surface area contributed by atoms with Crippen LogP contribution >= 0.6 is 12.4 Å². The lowest BCUT2D eigenvalue weighted by atomic mass is 10.1. The molecule has 2 amide bonds. The van der Waals surface area contributed by atoms with Gasteiger partial charge in [0.15, 0.2) is 0 Å². The number of rotatable bonds is 7. The number of aliphatic hydroxyl groups is 1. The summed E-state index contributed by atoms with van der Waals surface area (Å²) in [5, 5.41) is 10.8. The third kappa shape index (κ3) is 7.66. The van der Waals surface area contributed by atoms with E-state index in [1.807, 2.05) is 13.8 Å². The Balaban J connectivity index is 0.00000450. The van der Waals surface area contributed by atoms with Gasteiger partial charge in [-0.05, 0) is 57.5 Å². The fourth-order valence-corrected chi connectivity index (χ4v) is 3.01. The van der Waals surface area contributed by atoms with Gasteiger partial charge in [0.25, 0.3) is 0 Å². The van der Waals surface area contributed by atoms with Gasteiger partial charge < -0.3 is 29.3 Å². The summed E-state index contributed by atoms with van der Waals surface area (Å²) in [6.07, 6.45) is 1.65. The molecular weight excluding hydrogens is 410 g/mol. The van der Waals surface area contributed by atoms with E-state index in [2.05, 4.69) is 4.90 Å². The molecular formula is C21H34ClN3O5. The van der Waals surface area contributed by atoms with Gasteiger partial charge in [-0.2, -0.15) is 0 Å². The van der Waals surface area contributed by atoms with Crippen LogP contribution in [0.5, 0.6) is 11.5 Å². The third-order valence-corrected chi connectivity index (χ3v) is 5.15. The number of benzene rings is 1. The highest BCUT2D eigenvalue weighted by molar-refractivity contribution is 5.85. The highest BCUT2D eigenvalue weighted by Gasteiger charge is 2.20. The van der Waals surface area contributed by atoms with Crippen LogP contribution < -0.4 is 9.47 Å². The number of hydrogen-bond donors (Lipinski definition) is 1. The van der Waals surface area contributed by atoms with E-state index in [1.165, 1.54) is 22.3 Å². The maximum absolute atomic E-state index is 12.1. The number of ether oxygens (including phenoxy) is 2. The summed E-state index contributed by atoms with van der Waals surface area (Å²) >= 11 is 0. The summed E-state index contributed by atoms with van der Waals surface area (Å²) < 4.78 is 10.8. The Morgan fingerprint density at radius 3 is 1.87 bits per heavy atom. The Labute approximate surface area is 185 Å². The van der Waals surface area contributed by atoms with Crippen molar-refractivity contribution in [3.63, 3.8) is 0 Å². The van der Waals surface area contributed by atoms with Gasteiger partial charge in [0.1, 0.15) is 11.5 Å². The molecule has 1 unspecified atom stereocenters. The Hall–Kier alpha value is -2.03. The van der Waals surface area contributed by atoms with E-state index < -0.39 is 18.3 Å². The van der Waals surface area contributed by atoms with E-state index in [1.54, 1.807) is 26.2 Å². The summed E-state index contributed by atoms with van der Waals surface area (Å²) in [4.78, 5) is 29.4. The van der Waals surface area contributed by atoms with Crippen LogP contribution in [0.1, 0.15) is 44.8 Å². The van der Waals surface area contributed by atoms with E-state index in [0.717, 1.165) is 25.9 Å². The van der Waals surface area contributed by atoms with Crippen LogP contribution in [0.4, 0.5) is 9.59 Å². The third-order valence-electron chi connectivity index (χ3n) is 5.15. The smallest absolute Gasteiger partial charge is 0.410 e. The van der Waals surface area contributed by atoms with Gasteiger partial charge in [-0.25, -0.2) is 9.59 Å². The molecule has 1 aliphatic heterocycles. The van der Waals surface area contributed by atoms with Gasteiger partial charge in [0, 0.05) is 39.8 Å². The lowest BCUT2D eigenvalue weighted by molar-refractivity contribution is 0.101. The normalized spacial score (nSPS) is 15.0. The molecule has 2 rings (SSSR count). The van der Waals surface area contributed by atoms with Crippen molar-refractivity contribution in [2.24, 2.45) is 0 Å². The van der Waals surface area contributed by atoms with Crippen molar-refractivity contribution in [2.75, 3.05) is 46.8 Å². The Kier molecular flexibility index (Phi) is 10.9. The maximum Gasteiger partial charge on any atom is 0.414 e. The number of nitrogens with zero attached hydrogens (tertiary/aromatic N) is 3. The predicted molar refractivity (Wildman–Crippen MR) is 118 cm³/mol. The van der Waals surface area contributed by atoms with Crippen molar-refractivity contribution >= 4 is 24.6 Å². The molecule has 0 spiro atoms. The van der Waals surface area contributed by atoms with Crippen molar-refractivity contribution in [1.82, 2.24) is 14.7 Å². The molecule has 0 saturated carbocycles. The number of likely N-dealkylation sites (tertiary alicyclic amines) is 1. The second-order valence-corrected chi connectivity index (χ2v) is 7.38. The minimum Gasteiger partial charge on any atom is -0.410 e. The summed E-state index contributed by atoms with van der Waals surface area (Å²) in [5.41, 5.74) is 0.543. The predicted octanol–water partition coefficient (Wildman–Crippen LogP) is 3.53. The molecule has 1 aliphatic rings. The molecule has 1 fully saturated rings. The van der Waals surface area contributed by atoms with Crippen molar-refractivity contribution in [3.05, 3.63) is 23.8 Å². The topological polar surface area (TPSA) is 82.5 Å². The Morgan fingerprint density at radius 2 is 1.43 bits per heavy atom. The number of piperidine rings is 1. The lowest BCUT2D eigenvalue weighted by Gasteiger charge is -2.28. The fraction of sp³-hybridized carbons (Fsp3) is 0.619. The van der Waals surface area contributed by atoms with Crippen molar-refractivity contribution in [1.29, 1.82) is 0 Å². The first-order valence-corrected chi connectivity index (χ1v) is 10.2. The molecule has 1 saturated heterocycles. The van der Waals surface area contributed by atoms with Crippen LogP contribution in [0.25, 0.3) is 0 Å². The molecule has 9 heteroatoms. The van der Waals surface area contributed by atoms with Crippen LogP contribution in [0.2, 0.25) is 0 Å². The largest absolute Gasteiger partial charge is 0.414 e. The van der Waals surface area contributed by atoms with E-state index in [4.69, 9.17) is 9.47 Å². The SMILES string of the molecule is CCN(C)C(=O)Oc1cc(OC(=O)N(C)CC)cc(C(O)CN2CCCCC2)c1.Cl. The molecule has 8 nitrogen and oxygen atoms in total. The maximum atomic E-state index is 12.1. The van der Waals surface area contributed by atoms with E-state index in [-0.39, 0.29) is 23.9 Å². The molecule has 0 aromatic heterocycles. The van der Waals surface area contributed by atoms with Crippen molar-refractivity contribution < 1.29 is 24.2 Å². The van der Waals surface area contributed by atoms with Gasteiger partial charge in [0.05, 0.1) is 6.10 Å². The highest BCUT2D eigenvalue weighted by Crippen LogP contribution is 2.28. The monoisotopic (exact) mass is 443 g/mol. The van der Waals surface area contributed by atoms with Crippen molar-refractivity contribution in [3.8, 4) is 11.5 Å². The van der Waals surface area contributed by atoms with Crippen molar-refractivity contribution in [2.45, 2.75) is 39.2 Å². The number of amides is 2. The molecule has 1 aromatic carbocycles. The highest BCUT2D eigenvalue weighted by atomic mass is 35.5. The fourth-order valence-electron chi connectivity index (χ4n) is 3.01. The number of β-amino-alcohol motifs (C(OH)–C–C–N with tert-alkyl or cyclic N) is 1. The van der Waals surface area contributed by atoms with Gasteiger partial charge in [0.2, 0.25) is 0 Å². The molecule has 1 aromatic rings. The van der Waals surface area contributed by atoms with Gasteiger partial charge in [-0.1, -0.05) is 6.42 Å². The van der Waals surface area contributed by atoms with Crippen LogP contribution in [-0.4, -0.2) is 78.8 Å². The molecule has 30 heavy (non-hydrogen) atoms. The minimum absolute atomic E-state index is 0. The molecule has 0 radical (unpaired) electrons. The number of halogens is 1. The zero-order valence-corrected chi connectivity index (χ0v) is 19.1. The number of carbonyl (C=O) groups excluding carboxylic acids is 2. The average molecular weight is 444 g/mol. The van der Waals surface area contributed by atoms with Gasteiger partial charge in [-0.3, -0.25) is 0 Å². The summed E-state index contributed by atoms with van der Waals surface area (Å²) in [6.45, 7) is 7.07. The summed E-state index contributed by atoms with van der Waals surface area (Å²) in [5.74, 6) is 0.458. The minimum atomic E-state index is -0.781. The van der Waals surface area contributed by atoms with Gasteiger partial charge in [-0.15, -0.1) is 12.4 Å². The zero-order valence-electron chi connectivity index (χ0n) is 18.3. The number of aliphatic hydroxyl groups excluding tert-OH is 1. The van der Waals surface area contributed by atoms with Crippen LogP contribution in [0, 0.1) is 0 Å².